The van der Waals surface area contributed by atoms with Gasteiger partial charge in [-0.3, -0.25) is 0 Å². The lowest BCUT2D eigenvalue weighted by Crippen LogP contribution is -2.39. The zero-order chi connectivity index (χ0) is 19.8. The molecule has 0 aliphatic carbocycles. The summed E-state index contributed by atoms with van der Waals surface area (Å²) >= 11 is 0. The van der Waals surface area contributed by atoms with Crippen molar-refractivity contribution in [2.75, 3.05) is 11.5 Å². The van der Waals surface area contributed by atoms with Gasteiger partial charge in [0.1, 0.15) is 18.4 Å². The molecule has 1 atom stereocenters. The van der Waals surface area contributed by atoms with Crippen molar-refractivity contribution in [1.29, 1.82) is 0 Å². The van der Waals surface area contributed by atoms with Crippen LogP contribution in [0.3, 0.4) is 0 Å². The van der Waals surface area contributed by atoms with Gasteiger partial charge in [0.2, 0.25) is 0 Å². The van der Waals surface area contributed by atoms with Gasteiger partial charge in [-0.15, -0.1) is 6.42 Å². The number of ether oxygens (including phenoxy) is 1. The van der Waals surface area contributed by atoms with Gasteiger partial charge in [0.05, 0.1) is 0 Å². The van der Waals surface area contributed by atoms with Crippen molar-refractivity contribution in [2.24, 2.45) is 0 Å². The molecule has 0 radical (unpaired) electrons. The third-order valence-corrected chi connectivity index (χ3v) is 4.34. The Kier molecular flexibility index (Phi) is 6.33. The van der Waals surface area contributed by atoms with E-state index in [1.165, 1.54) is 0 Å². The summed E-state index contributed by atoms with van der Waals surface area (Å²) in [6, 6.07) is 25.7. The predicted molar refractivity (Wildman–Crippen MR) is 111 cm³/mol. The van der Waals surface area contributed by atoms with Crippen LogP contribution >= 0.6 is 0 Å². The van der Waals surface area contributed by atoms with Crippen LogP contribution in [0, 0.1) is 12.3 Å². The second kappa shape index (κ2) is 9.29. The maximum absolute atomic E-state index is 12.2. The Bertz CT molecular complexity index is 931. The average molecular weight is 371 g/mol. The summed E-state index contributed by atoms with van der Waals surface area (Å²) in [7, 11) is 0. The van der Waals surface area contributed by atoms with Crippen LogP contribution in [0.5, 0.6) is 5.75 Å². The number of terminal acetylenes is 1. The first-order chi connectivity index (χ1) is 13.7. The van der Waals surface area contributed by atoms with E-state index in [4.69, 9.17) is 11.2 Å². The van der Waals surface area contributed by atoms with Gasteiger partial charge in [0, 0.05) is 17.8 Å². The van der Waals surface area contributed by atoms with E-state index in [0.717, 1.165) is 16.9 Å². The fraction of sp³-hybridized carbons (Fsp3) is 0.125. The minimum absolute atomic E-state index is 0.188. The summed E-state index contributed by atoms with van der Waals surface area (Å²) in [5.41, 5.74) is 2.54. The number of para-hydroxylation sites is 1. The lowest BCUT2D eigenvalue weighted by Gasteiger charge is -2.31. The first kappa shape index (κ1) is 19.1. The fourth-order valence-electron chi connectivity index (χ4n) is 3.05. The van der Waals surface area contributed by atoms with Crippen molar-refractivity contribution < 1.29 is 14.6 Å². The lowest BCUT2D eigenvalue weighted by molar-refractivity contribution is -0.138. The number of nitrogens with zero attached hydrogens (tertiary/aromatic N) is 1. The van der Waals surface area contributed by atoms with E-state index in [2.05, 4.69) is 5.92 Å². The molecule has 4 heteroatoms. The minimum atomic E-state index is -0.889. The summed E-state index contributed by atoms with van der Waals surface area (Å²) in [5, 5.41) is 10.0. The molecule has 0 aliphatic heterocycles. The molecule has 0 amide bonds. The molecule has 4 nitrogen and oxygen atoms in total. The highest BCUT2D eigenvalue weighted by atomic mass is 16.5. The van der Waals surface area contributed by atoms with Crippen LogP contribution in [0.4, 0.5) is 11.4 Å². The van der Waals surface area contributed by atoms with Crippen LogP contribution in [-0.4, -0.2) is 23.7 Å². The molecule has 0 bridgehead atoms. The highest BCUT2D eigenvalue weighted by Gasteiger charge is 2.27. The number of anilines is 2. The summed E-state index contributed by atoms with van der Waals surface area (Å²) in [6.07, 6.45) is 5.60. The first-order valence-corrected chi connectivity index (χ1v) is 8.96. The maximum atomic E-state index is 12.2. The summed E-state index contributed by atoms with van der Waals surface area (Å²) in [6.45, 7) is 0.188. The molecule has 3 rings (SSSR count). The third-order valence-electron chi connectivity index (χ3n) is 4.34. The van der Waals surface area contributed by atoms with Crippen LogP contribution in [0.2, 0.25) is 0 Å². The lowest BCUT2D eigenvalue weighted by atomic mass is 10.0. The van der Waals surface area contributed by atoms with Crippen molar-refractivity contribution in [3.63, 3.8) is 0 Å². The number of rotatable bonds is 8. The quantitative estimate of drug-likeness (QED) is 0.591. The molecule has 28 heavy (non-hydrogen) atoms. The Morgan fingerprint density at radius 1 is 0.929 bits per heavy atom. The summed E-state index contributed by atoms with van der Waals surface area (Å²) in [5.74, 6) is 2.18. The van der Waals surface area contributed by atoms with E-state index in [-0.39, 0.29) is 6.61 Å². The Hall–Kier alpha value is -3.71. The smallest absolute Gasteiger partial charge is 0.327 e. The van der Waals surface area contributed by atoms with E-state index in [1.807, 2.05) is 77.7 Å². The molecule has 0 fully saturated rings. The molecule has 0 heterocycles. The van der Waals surface area contributed by atoms with Crippen molar-refractivity contribution in [2.45, 2.75) is 12.5 Å². The number of carboxylic acid groups (broad SMARTS) is 1. The van der Waals surface area contributed by atoms with Crippen LogP contribution in [0.25, 0.3) is 0 Å². The maximum Gasteiger partial charge on any atom is 0.327 e. The number of carboxylic acids is 1. The molecule has 0 unspecified atom stereocenters. The molecular weight excluding hydrogens is 350 g/mol. The Morgan fingerprint density at radius 3 is 2.07 bits per heavy atom. The van der Waals surface area contributed by atoms with E-state index >= 15 is 0 Å². The molecule has 0 saturated heterocycles. The SMILES string of the molecule is C#CCOc1ccc(N(c2ccccc2)[C@@H](Cc2ccccc2)C(=O)O)cc1. The Morgan fingerprint density at radius 2 is 1.50 bits per heavy atom. The molecular formula is C24H21NO3. The molecule has 140 valence electrons. The summed E-state index contributed by atoms with van der Waals surface area (Å²) in [4.78, 5) is 14.0. The fourth-order valence-corrected chi connectivity index (χ4v) is 3.05. The Balaban J connectivity index is 1.98. The molecule has 0 aliphatic rings. The zero-order valence-corrected chi connectivity index (χ0v) is 15.4. The van der Waals surface area contributed by atoms with E-state index in [1.54, 1.807) is 12.1 Å². The van der Waals surface area contributed by atoms with E-state index in [9.17, 15) is 9.90 Å². The van der Waals surface area contributed by atoms with Gasteiger partial charge in [-0.1, -0.05) is 54.5 Å². The van der Waals surface area contributed by atoms with E-state index < -0.39 is 12.0 Å². The first-order valence-electron chi connectivity index (χ1n) is 8.96. The standard InChI is InChI=1S/C24H21NO3/c1-2-17-28-22-15-13-21(14-16-22)25(20-11-7-4-8-12-20)23(24(26)27)18-19-9-5-3-6-10-19/h1,3-16,23H,17-18H2,(H,26,27)/t23-/m0/s1. The molecule has 1 N–H and O–H groups in total. The Labute approximate surface area is 165 Å². The van der Waals surface area contributed by atoms with Gasteiger partial charge in [-0.25, -0.2) is 4.79 Å². The van der Waals surface area contributed by atoms with Crippen molar-refractivity contribution >= 4 is 17.3 Å². The molecule has 3 aromatic carbocycles. The van der Waals surface area contributed by atoms with Gasteiger partial charge >= 0.3 is 5.97 Å². The van der Waals surface area contributed by atoms with Crippen LogP contribution in [0.1, 0.15) is 5.56 Å². The number of hydrogen-bond donors (Lipinski definition) is 1. The number of hydrogen-bond acceptors (Lipinski definition) is 3. The largest absolute Gasteiger partial charge is 0.481 e. The monoisotopic (exact) mass is 371 g/mol. The molecule has 0 spiro atoms. The topological polar surface area (TPSA) is 49.8 Å². The minimum Gasteiger partial charge on any atom is -0.481 e. The van der Waals surface area contributed by atoms with Gasteiger partial charge in [0.25, 0.3) is 0 Å². The van der Waals surface area contributed by atoms with Crippen molar-refractivity contribution in [1.82, 2.24) is 0 Å². The second-order valence-electron chi connectivity index (χ2n) is 6.24. The van der Waals surface area contributed by atoms with Crippen molar-refractivity contribution in [3.8, 4) is 18.1 Å². The average Bonchev–Trinajstić information content (AvgIpc) is 2.74. The second-order valence-corrected chi connectivity index (χ2v) is 6.24. The van der Waals surface area contributed by atoms with Gasteiger partial charge in [-0.2, -0.15) is 0 Å². The van der Waals surface area contributed by atoms with Crippen LogP contribution in [0.15, 0.2) is 84.9 Å². The highest BCUT2D eigenvalue weighted by Crippen LogP contribution is 2.31. The number of benzene rings is 3. The number of carbonyl (C=O) groups is 1. The van der Waals surface area contributed by atoms with E-state index in [0.29, 0.717) is 12.2 Å². The third kappa shape index (κ3) is 4.72. The number of aliphatic carboxylic acids is 1. The van der Waals surface area contributed by atoms with Crippen LogP contribution < -0.4 is 9.64 Å². The van der Waals surface area contributed by atoms with Crippen molar-refractivity contribution in [3.05, 3.63) is 90.5 Å². The van der Waals surface area contributed by atoms with Gasteiger partial charge in [-0.05, 0) is 42.0 Å². The van der Waals surface area contributed by atoms with Gasteiger partial charge in [0.15, 0.2) is 0 Å². The molecule has 0 aromatic heterocycles. The molecule has 3 aromatic rings. The van der Waals surface area contributed by atoms with Crippen LogP contribution in [-0.2, 0) is 11.2 Å². The normalized spacial score (nSPS) is 11.2. The molecule has 0 saturated carbocycles. The summed E-state index contributed by atoms with van der Waals surface area (Å²) < 4.78 is 5.43. The zero-order valence-electron chi connectivity index (χ0n) is 15.4. The predicted octanol–water partition coefficient (Wildman–Crippen LogP) is 4.53. The highest BCUT2D eigenvalue weighted by molar-refractivity contribution is 5.83. The van der Waals surface area contributed by atoms with Gasteiger partial charge < -0.3 is 14.7 Å².